The van der Waals surface area contributed by atoms with Gasteiger partial charge in [-0.05, 0) is 49.9 Å². The highest BCUT2D eigenvalue weighted by Crippen LogP contribution is 2.39. The molecular weight excluding hydrogens is 396 g/mol. The zero-order valence-corrected chi connectivity index (χ0v) is 16.4. The first-order valence-corrected chi connectivity index (χ1v) is 9.83. The average Bonchev–Trinajstić information content (AvgIpc) is 2.72. The zero-order chi connectivity index (χ0) is 21.5. The third-order valence-corrected chi connectivity index (χ3v) is 5.49. The molecule has 1 saturated heterocycles. The molecule has 0 spiro atoms. The minimum atomic E-state index is -5.04. The molecule has 2 heterocycles. The van der Waals surface area contributed by atoms with Crippen molar-refractivity contribution < 1.29 is 22.4 Å². The maximum Gasteiger partial charge on any atom is 0.454 e. The number of Topliss-reactive ketones (excluding diaryl/α,β-unsaturated/α-hetero) is 1. The lowest BCUT2D eigenvalue weighted by Crippen LogP contribution is -2.30. The number of pyridine rings is 1. The van der Waals surface area contributed by atoms with Crippen LogP contribution in [0.5, 0.6) is 0 Å². The number of piperidine rings is 1. The molecule has 0 unspecified atom stereocenters. The predicted molar refractivity (Wildman–Crippen MR) is 108 cm³/mol. The van der Waals surface area contributed by atoms with E-state index in [0.717, 1.165) is 38.0 Å². The fourth-order valence-corrected chi connectivity index (χ4v) is 4.12. The number of aryl methyl sites for hydroxylation is 1. The molecule has 1 aliphatic heterocycles. The third kappa shape index (κ3) is 3.64. The third-order valence-electron chi connectivity index (χ3n) is 5.49. The van der Waals surface area contributed by atoms with Gasteiger partial charge in [0.15, 0.2) is 0 Å². The molecule has 0 atom stereocenters. The van der Waals surface area contributed by atoms with Gasteiger partial charge in [0, 0.05) is 29.7 Å². The molecule has 3 nitrogen and oxygen atoms in total. The van der Waals surface area contributed by atoms with Crippen LogP contribution in [-0.2, 0) is 0 Å². The molecule has 3 aromatic rings. The maximum absolute atomic E-state index is 13.5. The summed E-state index contributed by atoms with van der Waals surface area (Å²) < 4.78 is 53.7. The summed E-state index contributed by atoms with van der Waals surface area (Å²) in [6.45, 7) is 3.10. The van der Waals surface area contributed by atoms with E-state index in [0.29, 0.717) is 16.5 Å². The molecule has 0 amide bonds. The Morgan fingerprint density at radius 1 is 1.00 bits per heavy atom. The first kappa shape index (κ1) is 20.3. The lowest BCUT2D eigenvalue weighted by molar-refractivity contribution is -0.0885. The number of alkyl halides is 3. The minimum absolute atomic E-state index is 0.00797. The number of carbonyl (C=O) groups is 1. The topological polar surface area (TPSA) is 33.2 Å². The molecular formula is C23H20F4N2O. The number of nitrogens with zero attached hydrogens (tertiary/aromatic N) is 2. The Labute approximate surface area is 171 Å². The number of para-hydroxylation sites is 1. The summed E-state index contributed by atoms with van der Waals surface area (Å²) in [4.78, 5) is 19.0. The monoisotopic (exact) mass is 416 g/mol. The number of aromatic nitrogens is 1. The van der Waals surface area contributed by atoms with Gasteiger partial charge in [-0.2, -0.15) is 13.2 Å². The van der Waals surface area contributed by atoms with Gasteiger partial charge in [0.25, 0.3) is 5.78 Å². The first-order chi connectivity index (χ1) is 14.3. The van der Waals surface area contributed by atoms with Crippen LogP contribution in [0.25, 0.3) is 22.0 Å². The van der Waals surface area contributed by atoms with Gasteiger partial charge in [0.1, 0.15) is 5.82 Å². The van der Waals surface area contributed by atoms with Crippen LogP contribution in [0.15, 0.2) is 42.5 Å². The number of benzene rings is 2. The van der Waals surface area contributed by atoms with Crippen LogP contribution in [0.1, 0.15) is 35.3 Å². The van der Waals surface area contributed by atoms with Crippen molar-refractivity contribution in [1.82, 2.24) is 4.98 Å². The van der Waals surface area contributed by atoms with Crippen molar-refractivity contribution in [2.75, 3.05) is 18.0 Å². The number of rotatable bonds is 3. The largest absolute Gasteiger partial charge is 0.454 e. The molecule has 0 aliphatic carbocycles. The summed E-state index contributed by atoms with van der Waals surface area (Å²) in [5.74, 6) is -2.45. The molecule has 0 saturated carbocycles. The van der Waals surface area contributed by atoms with Crippen molar-refractivity contribution in [2.24, 2.45) is 0 Å². The second kappa shape index (κ2) is 7.70. The molecule has 7 heteroatoms. The zero-order valence-electron chi connectivity index (χ0n) is 16.4. The number of fused-ring (bicyclic) bond motifs is 1. The molecule has 0 radical (unpaired) electrons. The molecule has 30 heavy (non-hydrogen) atoms. The molecule has 1 fully saturated rings. The molecule has 2 aromatic carbocycles. The van der Waals surface area contributed by atoms with E-state index in [9.17, 15) is 22.4 Å². The van der Waals surface area contributed by atoms with E-state index in [1.165, 1.54) is 31.2 Å². The molecule has 1 aliphatic rings. The van der Waals surface area contributed by atoms with E-state index < -0.39 is 23.3 Å². The Balaban J connectivity index is 2.04. The number of ketones is 1. The Bertz CT molecular complexity index is 1100. The van der Waals surface area contributed by atoms with E-state index in [1.54, 1.807) is 12.1 Å². The second-order valence-electron chi connectivity index (χ2n) is 7.50. The lowest BCUT2D eigenvalue weighted by Gasteiger charge is -2.30. The number of anilines is 1. The van der Waals surface area contributed by atoms with Gasteiger partial charge < -0.3 is 4.90 Å². The number of carbonyl (C=O) groups excluding carboxylic acids is 1. The Morgan fingerprint density at radius 3 is 2.30 bits per heavy atom. The maximum atomic E-state index is 13.5. The molecule has 1 aromatic heterocycles. The van der Waals surface area contributed by atoms with E-state index in [4.69, 9.17) is 0 Å². The molecule has 4 rings (SSSR count). The van der Waals surface area contributed by atoms with Gasteiger partial charge in [-0.3, -0.25) is 9.78 Å². The van der Waals surface area contributed by atoms with Crippen molar-refractivity contribution in [1.29, 1.82) is 0 Å². The summed E-state index contributed by atoms with van der Waals surface area (Å²) in [7, 11) is 0. The van der Waals surface area contributed by atoms with Crippen molar-refractivity contribution >= 4 is 22.4 Å². The van der Waals surface area contributed by atoms with Crippen LogP contribution < -0.4 is 4.90 Å². The predicted octanol–water partition coefficient (Wildman–Crippen LogP) is 6.08. The smallest absolute Gasteiger partial charge is 0.370 e. The summed E-state index contributed by atoms with van der Waals surface area (Å²) in [6.07, 6.45) is -1.84. The SMILES string of the molecule is Cc1nc2c(N3CCCCC3)cccc2c(-c2ccc(F)cc2)c1C(=O)C(F)(F)F. The van der Waals surface area contributed by atoms with Crippen LogP contribution in [0.3, 0.4) is 0 Å². The van der Waals surface area contributed by atoms with Gasteiger partial charge in [-0.1, -0.05) is 24.3 Å². The van der Waals surface area contributed by atoms with Crippen LogP contribution in [0.4, 0.5) is 23.2 Å². The van der Waals surface area contributed by atoms with Gasteiger partial charge in [-0.15, -0.1) is 0 Å². The summed E-state index contributed by atoms with van der Waals surface area (Å²) in [6, 6.07) is 10.5. The van der Waals surface area contributed by atoms with Crippen LogP contribution >= 0.6 is 0 Å². The average molecular weight is 416 g/mol. The van der Waals surface area contributed by atoms with Gasteiger partial charge in [0.2, 0.25) is 0 Å². The highest BCUT2D eigenvalue weighted by Gasteiger charge is 2.42. The fraction of sp³-hybridized carbons (Fsp3) is 0.304. The summed E-state index contributed by atoms with van der Waals surface area (Å²) in [5.41, 5.74) is 1.39. The van der Waals surface area contributed by atoms with Gasteiger partial charge in [0.05, 0.1) is 16.8 Å². The highest BCUT2D eigenvalue weighted by molar-refractivity contribution is 6.14. The Kier molecular flexibility index (Phi) is 5.22. The highest BCUT2D eigenvalue weighted by atomic mass is 19.4. The quantitative estimate of drug-likeness (QED) is 0.383. The standard InChI is InChI=1S/C23H20F4N2O/c1-14-19(22(30)23(25,26)27)20(15-8-10-16(24)11-9-15)17-6-5-7-18(21(17)28-14)29-12-3-2-4-13-29/h5-11H,2-4,12-13H2,1H3. The van der Waals surface area contributed by atoms with Crippen LogP contribution in [0, 0.1) is 12.7 Å². The van der Waals surface area contributed by atoms with E-state index in [1.807, 2.05) is 6.07 Å². The Hall–Kier alpha value is -2.96. The summed E-state index contributed by atoms with van der Waals surface area (Å²) >= 11 is 0. The van der Waals surface area contributed by atoms with Gasteiger partial charge >= 0.3 is 6.18 Å². The summed E-state index contributed by atoms with van der Waals surface area (Å²) in [5, 5.41) is 0.447. The van der Waals surface area contributed by atoms with Crippen molar-refractivity contribution in [3.8, 4) is 11.1 Å². The number of hydrogen-bond donors (Lipinski definition) is 0. The minimum Gasteiger partial charge on any atom is -0.370 e. The van der Waals surface area contributed by atoms with Crippen LogP contribution in [0.2, 0.25) is 0 Å². The first-order valence-electron chi connectivity index (χ1n) is 9.83. The normalized spacial score (nSPS) is 14.9. The van der Waals surface area contributed by atoms with E-state index in [2.05, 4.69) is 9.88 Å². The van der Waals surface area contributed by atoms with E-state index >= 15 is 0 Å². The molecule has 0 bridgehead atoms. The van der Waals surface area contributed by atoms with Crippen molar-refractivity contribution in [3.05, 3.63) is 59.5 Å². The number of halogens is 4. The van der Waals surface area contributed by atoms with E-state index in [-0.39, 0.29) is 11.3 Å². The van der Waals surface area contributed by atoms with Crippen molar-refractivity contribution in [3.63, 3.8) is 0 Å². The van der Waals surface area contributed by atoms with Crippen molar-refractivity contribution in [2.45, 2.75) is 32.4 Å². The number of hydrogen-bond acceptors (Lipinski definition) is 3. The molecule has 156 valence electrons. The molecule has 0 N–H and O–H groups in total. The van der Waals surface area contributed by atoms with Gasteiger partial charge in [-0.25, -0.2) is 4.39 Å². The Morgan fingerprint density at radius 2 is 1.67 bits per heavy atom. The lowest BCUT2D eigenvalue weighted by atomic mass is 9.91. The van der Waals surface area contributed by atoms with Crippen LogP contribution in [-0.4, -0.2) is 30.0 Å². The second-order valence-corrected chi connectivity index (χ2v) is 7.50. The fourth-order valence-electron chi connectivity index (χ4n) is 4.12.